The van der Waals surface area contributed by atoms with E-state index in [0.29, 0.717) is 65.6 Å². The van der Waals surface area contributed by atoms with Crippen molar-refractivity contribution in [3.63, 3.8) is 0 Å². The lowest BCUT2D eigenvalue weighted by Crippen LogP contribution is -2.36. The van der Waals surface area contributed by atoms with Gasteiger partial charge in [-0.1, -0.05) is 6.08 Å². The van der Waals surface area contributed by atoms with Crippen LogP contribution in [0, 0.1) is 20.8 Å². The van der Waals surface area contributed by atoms with E-state index in [-0.39, 0.29) is 12.1 Å². The number of aromatic nitrogens is 3. The number of H-pyrrole nitrogens is 1. The minimum atomic E-state index is -3.79. The molecule has 4 aromatic rings. The molecule has 1 saturated carbocycles. The maximum atomic E-state index is 14.0. The Labute approximate surface area is 256 Å². The van der Waals surface area contributed by atoms with E-state index in [4.69, 9.17) is 4.74 Å². The Hall–Kier alpha value is -4.22. The molecular formula is C33H37N5O5S. The zero-order valence-electron chi connectivity index (χ0n) is 25.3. The van der Waals surface area contributed by atoms with Crippen LogP contribution < -0.4 is 15.8 Å². The second kappa shape index (κ2) is 11.4. The molecule has 11 heteroatoms. The fourth-order valence-electron chi connectivity index (χ4n) is 6.15. The van der Waals surface area contributed by atoms with Gasteiger partial charge in [-0.2, -0.15) is 0 Å². The number of morpholine rings is 1. The van der Waals surface area contributed by atoms with Crippen LogP contribution in [0.3, 0.4) is 0 Å². The highest BCUT2D eigenvalue weighted by Gasteiger charge is 2.54. The largest absolute Gasteiger partial charge is 0.378 e. The van der Waals surface area contributed by atoms with Gasteiger partial charge in [-0.15, -0.1) is 6.58 Å². The summed E-state index contributed by atoms with van der Waals surface area (Å²) in [4.78, 5) is 36.1. The highest BCUT2D eigenvalue weighted by atomic mass is 32.2. The number of carbonyl (C=O) groups is 1. The monoisotopic (exact) mass is 615 g/mol. The number of nitrogens with one attached hydrogen (secondary N) is 2. The third-order valence-corrected chi connectivity index (χ3v) is 11.3. The van der Waals surface area contributed by atoms with Gasteiger partial charge in [-0.3, -0.25) is 9.59 Å². The number of hydrogen-bond donors (Lipinski definition) is 2. The number of nitrogens with zero attached hydrogens (tertiary/aromatic N) is 3. The summed E-state index contributed by atoms with van der Waals surface area (Å²) < 4.78 is 34.0. The predicted molar refractivity (Wildman–Crippen MR) is 172 cm³/mol. The van der Waals surface area contributed by atoms with Crippen LogP contribution in [0.1, 0.15) is 52.0 Å². The van der Waals surface area contributed by atoms with Gasteiger partial charge < -0.3 is 19.9 Å². The molecule has 1 aliphatic heterocycles. The minimum absolute atomic E-state index is 0.0301. The molecule has 2 N–H and O–H groups in total. The molecule has 1 amide bonds. The van der Waals surface area contributed by atoms with Crippen molar-refractivity contribution in [2.45, 2.75) is 51.3 Å². The van der Waals surface area contributed by atoms with E-state index in [1.165, 1.54) is 3.97 Å². The highest BCUT2D eigenvalue weighted by molar-refractivity contribution is 7.91. The highest BCUT2D eigenvalue weighted by Crippen LogP contribution is 2.49. The van der Waals surface area contributed by atoms with E-state index in [1.54, 1.807) is 24.5 Å². The van der Waals surface area contributed by atoms with Crippen molar-refractivity contribution in [3.8, 4) is 11.1 Å². The van der Waals surface area contributed by atoms with Crippen molar-refractivity contribution >= 4 is 32.7 Å². The van der Waals surface area contributed by atoms with Crippen molar-refractivity contribution in [3.05, 3.63) is 93.7 Å². The molecule has 1 aromatic carbocycles. The fraction of sp³-hybridized carbons (Fsp3) is 0.364. The quantitative estimate of drug-likeness (QED) is 0.268. The molecule has 230 valence electrons. The molecule has 44 heavy (non-hydrogen) atoms. The van der Waals surface area contributed by atoms with Gasteiger partial charge in [0.25, 0.3) is 11.5 Å². The SMILES string of the molecule is C=CCC1(S(=O)(=O)n2cc(C)c3c(C(=O)NCc4c(C)cc(C)[nH]c4=O)cc(-c4ccc(N5CCOCC5)nc4)cc32)CC1. The summed E-state index contributed by atoms with van der Waals surface area (Å²) in [5.41, 5.74) is 4.58. The molecule has 1 aliphatic carbocycles. The first-order valence-electron chi connectivity index (χ1n) is 14.8. The van der Waals surface area contributed by atoms with Gasteiger partial charge in [0, 0.05) is 59.8 Å². The molecule has 0 radical (unpaired) electrons. The summed E-state index contributed by atoms with van der Waals surface area (Å²) in [5.74, 6) is 0.427. The topological polar surface area (TPSA) is 126 Å². The zero-order chi connectivity index (χ0) is 31.2. The maximum Gasteiger partial charge on any atom is 0.253 e. The second-order valence-electron chi connectivity index (χ2n) is 11.8. The number of fused-ring (bicyclic) bond motifs is 1. The lowest BCUT2D eigenvalue weighted by atomic mass is 9.99. The van der Waals surface area contributed by atoms with Crippen molar-refractivity contribution < 1.29 is 17.9 Å². The summed E-state index contributed by atoms with van der Waals surface area (Å²) in [5, 5.41) is 3.46. The lowest BCUT2D eigenvalue weighted by Gasteiger charge is -2.27. The number of benzene rings is 1. The lowest BCUT2D eigenvalue weighted by molar-refractivity contribution is 0.0952. The first-order valence-corrected chi connectivity index (χ1v) is 16.3. The molecule has 0 bridgehead atoms. The van der Waals surface area contributed by atoms with Crippen LogP contribution >= 0.6 is 0 Å². The average Bonchev–Trinajstić information content (AvgIpc) is 3.73. The normalized spacial score (nSPS) is 16.2. The molecule has 2 fully saturated rings. The molecule has 0 atom stereocenters. The Kier molecular flexibility index (Phi) is 7.71. The van der Waals surface area contributed by atoms with Gasteiger partial charge in [-0.25, -0.2) is 17.4 Å². The summed E-state index contributed by atoms with van der Waals surface area (Å²) >= 11 is 0. The zero-order valence-corrected chi connectivity index (χ0v) is 26.1. The summed E-state index contributed by atoms with van der Waals surface area (Å²) in [6.45, 7) is 12.1. The van der Waals surface area contributed by atoms with Crippen LogP contribution in [0.4, 0.5) is 5.82 Å². The molecule has 1 saturated heterocycles. The van der Waals surface area contributed by atoms with Crippen LogP contribution in [-0.2, 0) is 21.3 Å². The number of aryl methyl sites for hydroxylation is 3. The number of ether oxygens (including phenoxy) is 1. The van der Waals surface area contributed by atoms with Crippen molar-refractivity contribution in [2.24, 2.45) is 0 Å². The Morgan fingerprint density at radius 2 is 1.86 bits per heavy atom. The Balaban J connectivity index is 1.45. The molecule has 0 unspecified atom stereocenters. The number of hydrogen-bond acceptors (Lipinski definition) is 7. The molecule has 3 aromatic heterocycles. The van der Waals surface area contributed by atoms with Crippen molar-refractivity contribution in [2.75, 3.05) is 31.2 Å². The smallest absolute Gasteiger partial charge is 0.253 e. The van der Waals surface area contributed by atoms with Gasteiger partial charge in [0.2, 0.25) is 10.0 Å². The van der Waals surface area contributed by atoms with Crippen LogP contribution in [0.15, 0.2) is 60.2 Å². The number of pyridine rings is 2. The van der Waals surface area contributed by atoms with E-state index in [9.17, 15) is 18.0 Å². The minimum Gasteiger partial charge on any atom is -0.378 e. The number of carbonyl (C=O) groups excluding carboxylic acids is 1. The Morgan fingerprint density at radius 1 is 1.11 bits per heavy atom. The average molecular weight is 616 g/mol. The molecule has 6 rings (SSSR count). The fourth-order valence-corrected chi connectivity index (χ4v) is 8.21. The van der Waals surface area contributed by atoms with Crippen molar-refractivity contribution in [1.29, 1.82) is 0 Å². The van der Waals surface area contributed by atoms with Crippen molar-refractivity contribution in [1.82, 2.24) is 19.3 Å². The summed E-state index contributed by atoms with van der Waals surface area (Å²) in [6, 6.07) is 9.32. The van der Waals surface area contributed by atoms with Crippen LogP contribution in [0.5, 0.6) is 0 Å². The summed E-state index contributed by atoms with van der Waals surface area (Å²) in [7, 11) is -3.79. The molecule has 0 spiro atoms. The van der Waals surface area contributed by atoms with Crippen LogP contribution in [0.2, 0.25) is 0 Å². The third-order valence-electron chi connectivity index (χ3n) is 8.77. The van der Waals surface area contributed by atoms with Gasteiger partial charge in [0.15, 0.2) is 0 Å². The van der Waals surface area contributed by atoms with E-state index >= 15 is 0 Å². The van der Waals surface area contributed by atoms with Gasteiger partial charge in [0.05, 0.1) is 23.5 Å². The maximum absolute atomic E-state index is 14.0. The van der Waals surface area contributed by atoms with E-state index in [2.05, 4.69) is 26.8 Å². The van der Waals surface area contributed by atoms with E-state index in [1.807, 2.05) is 45.0 Å². The Morgan fingerprint density at radius 3 is 2.50 bits per heavy atom. The Bertz CT molecular complexity index is 1930. The van der Waals surface area contributed by atoms with Gasteiger partial charge >= 0.3 is 0 Å². The number of amides is 1. The molecule has 10 nitrogen and oxygen atoms in total. The molecular weight excluding hydrogens is 578 g/mol. The van der Waals surface area contributed by atoms with Crippen LogP contribution in [-0.4, -0.2) is 59.3 Å². The predicted octanol–water partition coefficient (Wildman–Crippen LogP) is 4.37. The number of aromatic amines is 1. The van der Waals surface area contributed by atoms with E-state index < -0.39 is 20.7 Å². The van der Waals surface area contributed by atoms with Crippen LogP contribution in [0.25, 0.3) is 22.0 Å². The first kappa shape index (κ1) is 29.8. The number of rotatable bonds is 9. The third kappa shape index (κ3) is 5.24. The first-order chi connectivity index (χ1) is 21.0. The van der Waals surface area contributed by atoms with E-state index in [0.717, 1.165) is 35.7 Å². The number of allylic oxidation sites excluding steroid dienone is 1. The van der Waals surface area contributed by atoms with Gasteiger partial charge in [-0.05, 0) is 87.1 Å². The number of anilines is 1. The standard InChI is InChI=1S/C33H37N5O5S/c1-5-8-33(9-10-33)44(41,42)38-20-22(3)30-26(31(39)35-19-27-21(2)15-23(4)36-32(27)40)16-25(17-28(30)38)24-6-7-29(34-18-24)37-11-13-43-14-12-37/h5-7,15-18,20H,1,8-14,19H2,2-4H3,(H,35,39)(H,36,40). The summed E-state index contributed by atoms with van der Waals surface area (Å²) in [6.07, 6.45) is 6.49. The second-order valence-corrected chi connectivity index (χ2v) is 14.0. The molecule has 2 aliphatic rings. The molecule has 4 heterocycles. The van der Waals surface area contributed by atoms with Gasteiger partial charge in [0.1, 0.15) is 5.82 Å².